The van der Waals surface area contributed by atoms with Gasteiger partial charge < -0.3 is 20.4 Å². The minimum atomic E-state index is -0.587. The molecule has 1 aliphatic heterocycles. The van der Waals surface area contributed by atoms with Crippen LogP contribution in [0.2, 0.25) is 0 Å². The van der Waals surface area contributed by atoms with Gasteiger partial charge in [0.05, 0.1) is 12.2 Å². The molecular formula is C14H24N4O2. The minimum absolute atomic E-state index is 0.0732. The van der Waals surface area contributed by atoms with Gasteiger partial charge in [-0.15, -0.1) is 0 Å². The van der Waals surface area contributed by atoms with E-state index in [1.165, 1.54) is 6.33 Å². The number of aromatic nitrogens is 2. The molecule has 0 aromatic carbocycles. The topological polar surface area (TPSA) is 81.5 Å². The summed E-state index contributed by atoms with van der Waals surface area (Å²) >= 11 is 0. The maximum Gasteiger partial charge on any atom is 0.134 e. The zero-order valence-electron chi connectivity index (χ0n) is 12.2. The maximum absolute atomic E-state index is 10.4. The number of aliphatic hydroxyl groups is 2. The predicted molar refractivity (Wildman–Crippen MR) is 78.8 cm³/mol. The number of piperidine rings is 1. The smallest absolute Gasteiger partial charge is 0.134 e. The molecular weight excluding hydrogens is 256 g/mol. The van der Waals surface area contributed by atoms with Crippen LogP contribution < -0.4 is 10.2 Å². The molecule has 6 nitrogen and oxygen atoms in total. The van der Waals surface area contributed by atoms with Gasteiger partial charge in [0, 0.05) is 31.6 Å². The van der Waals surface area contributed by atoms with Gasteiger partial charge in [-0.1, -0.05) is 6.92 Å². The lowest BCUT2D eigenvalue weighted by Gasteiger charge is -2.43. The standard InChI is InChI=1S/C14H24N4O2/c1-3-11-9-18(6-4-14(11,2)20)13-8-12(15-5-7-19)16-10-17-13/h8,10-11,19-20H,3-7,9H2,1-2H3,(H,15,16,17)/t11-,14+/m1/s1. The third kappa shape index (κ3) is 3.37. The summed E-state index contributed by atoms with van der Waals surface area (Å²) in [6.45, 7) is 6.18. The average molecular weight is 280 g/mol. The number of aliphatic hydroxyl groups excluding tert-OH is 1. The van der Waals surface area contributed by atoms with Gasteiger partial charge in [0.1, 0.15) is 18.0 Å². The van der Waals surface area contributed by atoms with Crippen molar-refractivity contribution in [1.82, 2.24) is 9.97 Å². The lowest BCUT2D eigenvalue weighted by Crippen LogP contribution is -2.50. The van der Waals surface area contributed by atoms with Crippen LogP contribution in [0.15, 0.2) is 12.4 Å². The number of anilines is 2. The number of hydrogen-bond donors (Lipinski definition) is 3. The molecule has 2 rings (SSSR count). The van der Waals surface area contributed by atoms with Gasteiger partial charge in [0.25, 0.3) is 0 Å². The van der Waals surface area contributed by atoms with Crippen molar-refractivity contribution in [2.24, 2.45) is 5.92 Å². The monoisotopic (exact) mass is 280 g/mol. The Morgan fingerprint density at radius 3 is 3.00 bits per heavy atom. The highest BCUT2D eigenvalue weighted by atomic mass is 16.3. The van der Waals surface area contributed by atoms with E-state index in [9.17, 15) is 5.11 Å². The Bertz CT molecular complexity index is 439. The Labute approximate surface area is 119 Å². The van der Waals surface area contributed by atoms with E-state index in [2.05, 4.69) is 27.1 Å². The molecule has 1 aliphatic rings. The lowest BCUT2D eigenvalue weighted by molar-refractivity contribution is -0.0183. The quantitative estimate of drug-likeness (QED) is 0.742. The molecule has 20 heavy (non-hydrogen) atoms. The summed E-state index contributed by atoms with van der Waals surface area (Å²) in [5, 5.41) is 22.2. The van der Waals surface area contributed by atoms with E-state index in [-0.39, 0.29) is 12.5 Å². The highest BCUT2D eigenvalue weighted by Gasteiger charge is 2.36. The Morgan fingerprint density at radius 1 is 1.50 bits per heavy atom. The van der Waals surface area contributed by atoms with Gasteiger partial charge >= 0.3 is 0 Å². The second-order valence-electron chi connectivity index (χ2n) is 5.57. The van der Waals surface area contributed by atoms with E-state index < -0.39 is 5.60 Å². The second-order valence-corrected chi connectivity index (χ2v) is 5.57. The van der Waals surface area contributed by atoms with Gasteiger partial charge in [-0.05, 0) is 19.8 Å². The fourth-order valence-electron chi connectivity index (χ4n) is 2.70. The molecule has 2 atom stereocenters. The van der Waals surface area contributed by atoms with E-state index in [0.717, 1.165) is 37.6 Å². The van der Waals surface area contributed by atoms with Gasteiger partial charge in [0.15, 0.2) is 0 Å². The van der Waals surface area contributed by atoms with E-state index in [4.69, 9.17) is 5.11 Å². The Balaban J connectivity index is 2.08. The Kier molecular flexibility index (Phi) is 4.77. The zero-order chi connectivity index (χ0) is 14.6. The van der Waals surface area contributed by atoms with Crippen LogP contribution >= 0.6 is 0 Å². The maximum atomic E-state index is 10.4. The predicted octanol–water partition coefficient (Wildman–Crippen LogP) is 0.868. The molecule has 3 N–H and O–H groups in total. The first-order chi connectivity index (χ1) is 9.56. The van der Waals surface area contributed by atoms with Crippen LogP contribution in [0, 0.1) is 5.92 Å². The molecule has 0 unspecified atom stereocenters. The molecule has 1 fully saturated rings. The highest BCUT2D eigenvalue weighted by Crippen LogP contribution is 2.32. The SMILES string of the molecule is CC[C@@H]1CN(c2cc(NCCO)ncn2)CC[C@]1(C)O. The highest BCUT2D eigenvalue weighted by molar-refractivity contribution is 5.48. The van der Waals surface area contributed by atoms with E-state index >= 15 is 0 Å². The average Bonchev–Trinajstić information content (AvgIpc) is 2.45. The summed E-state index contributed by atoms with van der Waals surface area (Å²) in [4.78, 5) is 10.6. The summed E-state index contributed by atoms with van der Waals surface area (Å²) in [7, 11) is 0. The normalized spacial score (nSPS) is 26.6. The van der Waals surface area contributed by atoms with Crippen molar-refractivity contribution in [3.63, 3.8) is 0 Å². The summed E-state index contributed by atoms with van der Waals surface area (Å²) in [6, 6.07) is 1.89. The van der Waals surface area contributed by atoms with Crippen molar-refractivity contribution >= 4 is 11.6 Å². The Morgan fingerprint density at radius 2 is 2.30 bits per heavy atom. The second kappa shape index (κ2) is 6.37. The molecule has 6 heteroatoms. The molecule has 0 saturated carbocycles. The van der Waals surface area contributed by atoms with Crippen molar-refractivity contribution in [1.29, 1.82) is 0 Å². The van der Waals surface area contributed by atoms with Crippen molar-refractivity contribution in [3.8, 4) is 0 Å². The molecule has 1 aromatic heterocycles. The van der Waals surface area contributed by atoms with Gasteiger partial charge in [-0.3, -0.25) is 0 Å². The molecule has 0 radical (unpaired) electrons. The molecule has 2 heterocycles. The van der Waals surface area contributed by atoms with E-state index in [1.54, 1.807) is 0 Å². The van der Waals surface area contributed by atoms with E-state index in [0.29, 0.717) is 6.54 Å². The van der Waals surface area contributed by atoms with Crippen molar-refractivity contribution < 1.29 is 10.2 Å². The molecule has 1 saturated heterocycles. The molecule has 112 valence electrons. The first-order valence-electron chi connectivity index (χ1n) is 7.21. The first-order valence-corrected chi connectivity index (χ1v) is 7.21. The van der Waals surface area contributed by atoms with Gasteiger partial charge in [-0.2, -0.15) is 0 Å². The van der Waals surface area contributed by atoms with Crippen LogP contribution in [0.3, 0.4) is 0 Å². The number of nitrogens with one attached hydrogen (secondary N) is 1. The Hall–Kier alpha value is -1.40. The lowest BCUT2D eigenvalue weighted by atomic mass is 9.81. The van der Waals surface area contributed by atoms with Crippen LogP contribution in [0.4, 0.5) is 11.6 Å². The molecule has 0 aliphatic carbocycles. The third-order valence-corrected chi connectivity index (χ3v) is 4.10. The van der Waals surface area contributed by atoms with Crippen LogP contribution in [-0.4, -0.2) is 52.0 Å². The number of nitrogens with zero attached hydrogens (tertiary/aromatic N) is 3. The summed E-state index contributed by atoms with van der Waals surface area (Å²) in [6.07, 6.45) is 3.22. The van der Waals surface area contributed by atoms with Gasteiger partial charge in [0.2, 0.25) is 0 Å². The van der Waals surface area contributed by atoms with Crippen LogP contribution in [0.5, 0.6) is 0 Å². The minimum Gasteiger partial charge on any atom is -0.395 e. The number of hydrogen-bond acceptors (Lipinski definition) is 6. The van der Waals surface area contributed by atoms with Crippen LogP contribution in [0.1, 0.15) is 26.7 Å². The van der Waals surface area contributed by atoms with Crippen molar-refractivity contribution in [2.75, 3.05) is 36.5 Å². The van der Waals surface area contributed by atoms with Crippen LogP contribution in [0.25, 0.3) is 0 Å². The fraction of sp³-hybridized carbons (Fsp3) is 0.714. The molecule has 0 spiro atoms. The molecule has 0 bridgehead atoms. The third-order valence-electron chi connectivity index (χ3n) is 4.10. The first kappa shape index (κ1) is 15.0. The summed E-state index contributed by atoms with van der Waals surface area (Å²) in [5.74, 6) is 1.84. The van der Waals surface area contributed by atoms with E-state index in [1.807, 2.05) is 13.0 Å². The van der Waals surface area contributed by atoms with Gasteiger partial charge in [-0.25, -0.2) is 9.97 Å². The largest absolute Gasteiger partial charge is 0.395 e. The fourth-order valence-corrected chi connectivity index (χ4v) is 2.70. The molecule has 0 amide bonds. The molecule has 1 aromatic rings. The summed E-state index contributed by atoms with van der Waals surface area (Å²) in [5.41, 5.74) is -0.587. The van der Waals surface area contributed by atoms with Crippen molar-refractivity contribution in [3.05, 3.63) is 12.4 Å². The summed E-state index contributed by atoms with van der Waals surface area (Å²) < 4.78 is 0. The van der Waals surface area contributed by atoms with Crippen LogP contribution in [-0.2, 0) is 0 Å². The number of rotatable bonds is 5. The zero-order valence-corrected chi connectivity index (χ0v) is 12.2. The van der Waals surface area contributed by atoms with Crippen molar-refractivity contribution in [2.45, 2.75) is 32.3 Å².